The molecular weight excluding hydrogens is 228 g/mol. The third-order valence-electron chi connectivity index (χ3n) is 2.81. The van der Waals surface area contributed by atoms with Crippen molar-refractivity contribution in [3.63, 3.8) is 0 Å². The predicted molar refractivity (Wildman–Crippen MR) is 79.7 cm³/mol. The fraction of sp³-hybridized carbons (Fsp3) is 0.800. The van der Waals surface area contributed by atoms with E-state index >= 15 is 0 Å². The molecule has 0 N–H and O–H groups in total. The molecule has 0 aromatic carbocycles. The molecule has 0 aliphatic rings. The summed E-state index contributed by atoms with van der Waals surface area (Å²) in [4.78, 5) is 11.7. The van der Waals surface area contributed by atoms with Crippen molar-refractivity contribution in [1.29, 1.82) is 0 Å². The Balaban J connectivity index is 3.65. The zero-order valence-electron chi connectivity index (χ0n) is 11.7. The van der Waals surface area contributed by atoms with Crippen LogP contribution in [0.4, 0.5) is 0 Å². The number of carbonyl (C=O) groups excluding carboxylic acids is 1. The maximum atomic E-state index is 11.7. The quantitative estimate of drug-likeness (QED) is 0.382. The lowest BCUT2D eigenvalue weighted by Gasteiger charge is -2.10. The predicted octanol–water partition coefficient (Wildman–Crippen LogP) is 5.00. The number of unbranched alkanes of at least 4 members (excludes halogenated alkanes) is 4. The Kier molecular flexibility index (Phi) is 12.1. The van der Waals surface area contributed by atoms with Gasteiger partial charge in [0.1, 0.15) is 0 Å². The summed E-state index contributed by atoms with van der Waals surface area (Å²) in [6, 6.07) is 0. The second kappa shape index (κ2) is 12.2. The summed E-state index contributed by atoms with van der Waals surface area (Å²) in [6.07, 6.45) is 11.8. The molecule has 0 aliphatic carbocycles. The van der Waals surface area contributed by atoms with E-state index in [9.17, 15) is 4.79 Å². The lowest BCUT2D eigenvalue weighted by molar-refractivity contribution is -0.114. The van der Waals surface area contributed by atoms with Crippen molar-refractivity contribution in [3.05, 3.63) is 12.2 Å². The zero-order valence-corrected chi connectivity index (χ0v) is 12.5. The van der Waals surface area contributed by atoms with E-state index in [2.05, 4.69) is 26.8 Å². The van der Waals surface area contributed by atoms with Crippen molar-refractivity contribution in [2.45, 2.75) is 71.0 Å². The Morgan fingerprint density at radius 3 is 2.53 bits per heavy atom. The molecule has 0 rings (SSSR count). The van der Waals surface area contributed by atoms with Crippen molar-refractivity contribution in [3.8, 4) is 0 Å². The summed E-state index contributed by atoms with van der Waals surface area (Å²) in [7, 11) is 0. The Morgan fingerprint density at radius 1 is 1.18 bits per heavy atom. The fourth-order valence-electron chi connectivity index (χ4n) is 1.75. The van der Waals surface area contributed by atoms with E-state index in [1.165, 1.54) is 25.7 Å². The molecule has 0 radical (unpaired) electrons. The van der Waals surface area contributed by atoms with Crippen molar-refractivity contribution >= 4 is 17.5 Å². The van der Waals surface area contributed by atoms with Gasteiger partial charge in [-0.15, -0.1) is 0 Å². The topological polar surface area (TPSA) is 17.1 Å². The van der Waals surface area contributed by atoms with Crippen LogP contribution in [-0.4, -0.2) is 16.8 Å². The molecule has 0 saturated carbocycles. The first kappa shape index (κ1) is 16.8. The third-order valence-corrected chi connectivity index (χ3v) is 4.12. The van der Waals surface area contributed by atoms with Crippen LogP contribution in [0.1, 0.15) is 65.7 Å². The lowest BCUT2D eigenvalue weighted by atomic mass is 10.1. The van der Waals surface area contributed by atoms with E-state index in [1.807, 2.05) is 11.8 Å². The normalized spacial score (nSPS) is 13.1. The molecule has 1 nitrogen and oxygen atoms in total. The van der Waals surface area contributed by atoms with Crippen LogP contribution >= 0.6 is 11.8 Å². The number of allylic oxidation sites excluding steroid dienone is 2. The number of hydrogen-bond donors (Lipinski definition) is 0. The molecule has 0 bridgehead atoms. The summed E-state index contributed by atoms with van der Waals surface area (Å²) in [5, 5.41) is 0.511. The molecule has 0 aromatic heterocycles. The summed E-state index contributed by atoms with van der Waals surface area (Å²) < 4.78 is 0. The third kappa shape index (κ3) is 10.6. The van der Waals surface area contributed by atoms with Crippen LogP contribution < -0.4 is 0 Å². The van der Waals surface area contributed by atoms with Crippen LogP contribution in [0.2, 0.25) is 0 Å². The maximum absolute atomic E-state index is 11.7. The zero-order chi connectivity index (χ0) is 12.9. The Morgan fingerprint density at radius 2 is 1.94 bits per heavy atom. The highest BCUT2D eigenvalue weighted by atomic mass is 32.2. The molecule has 100 valence electrons. The maximum Gasteiger partial charge on any atom is 0.156 e. The van der Waals surface area contributed by atoms with Gasteiger partial charge in [0.15, 0.2) is 5.78 Å². The number of ketones is 1. The molecule has 17 heavy (non-hydrogen) atoms. The van der Waals surface area contributed by atoms with E-state index in [-0.39, 0.29) is 0 Å². The first-order valence-electron chi connectivity index (χ1n) is 7.05. The standard InChI is InChI=1S/C15H28OS/c1-4-7-8-9-10-11-12-14(16)13-15(5-2)17-6-3/h11-12,15H,4-10,13H2,1-3H3/b12-11+. The van der Waals surface area contributed by atoms with Crippen molar-refractivity contribution in [1.82, 2.24) is 0 Å². The van der Waals surface area contributed by atoms with E-state index in [1.54, 1.807) is 6.08 Å². The van der Waals surface area contributed by atoms with E-state index in [4.69, 9.17) is 0 Å². The van der Waals surface area contributed by atoms with Crippen LogP contribution in [-0.2, 0) is 4.79 Å². The largest absolute Gasteiger partial charge is 0.295 e. The van der Waals surface area contributed by atoms with Gasteiger partial charge < -0.3 is 0 Å². The first-order valence-corrected chi connectivity index (χ1v) is 8.10. The minimum atomic E-state index is 0.299. The van der Waals surface area contributed by atoms with Crippen molar-refractivity contribution in [2.75, 3.05) is 5.75 Å². The second-order valence-electron chi connectivity index (χ2n) is 4.41. The Hall–Kier alpha value is -0.240. The molecule has 0 spiro atoms. The SMILES string of the molecule is CCCCCC/C=C/C(=O)CC(CC)SCC. The van der Waals surface area contributed by atoms with Gasteiger partial charge in [0.2, 0.25) is 0 Å². The molecule has 0 aliphatic heterocycles. The molecular formula is C15H28OS. The van der Waals surface area contributed by atoms with Crippen LogP contribution in [0.25, 0.3) is 0 Å². The minimum Gasteiger partial charge on any atom is -0.295 e. The molecule has 2 heteroatoms. The van der Waals surface area contributed by atoms with Crippen molar-refractivity contribution < 1.29 is 4.79 Å². The summed E-state index contributed by atoms with van der Waals surface area (Å²) in [6.45, 7) is 6.53. The van der Waals surface area contributed by atoms with E-state index < -0.39 is 0 Å². The average Bonchev–Trinajstić information content (AvgIpc) is 2.33. The van der Waals surface area contributed by atoms with Crippen LogP contribution in [0.5, 0.6) is 0 Å². The smallest absolute Gasteiger partial charge is 0.156 e. The van der Waals surface area contributed by atoms with Gasteiger partial charge in [-0.25, -0.2) is 0 Å². The first-order chi connectivity index (χ1) is 8.24. The number of rotatable bonds is 11. The number of thioether (sulfide) groups is 1. The molecule has 0 amide bonds. The fourth-order valence-corrected chi connectivity index (χ4v) is 2.74. The number of carbonyl (C=O) groups is 1. The van der Waals surface area contributed by atoms with Crippen LogP contribution in [0.3, 0.4) is 0 Å². The second-order valence-corrected chi connectivity index (χ2v) is 5.99. The van der Waals surface area contributed by atoms with Crippen molar-refractivity contribution in [2.24, 2.45) is 0 Å². The molecule has 0 fully saturated rings. The minimum absolute atomic E-state index is 0.299. The van der Waals surface area contributed by atoms with Crippen LogP contribution in [0, 0.1) is 0 Å². The van der Waals surface area contributed by atoms with Crippen LogP contribution in [0.15, 0.2) is 12.2 Å². The van der Waals surface area contributed by atoms with Gasteiger partial charge >= 0.3 is 0 Å². The molecule has 1 atom stereocenters. The summed E-state index contributed by atoms with van der Waals surface area (Å²) in [5.41, 5.74) is 0. The van der Waals surface area contributed by atoms with Gasteiger partial charge in [-0.1, -0.05) is 46.1 Å². The highest BCUT2D eigenvalue weighted by Crippen LogP contribution is 2.18. The average molecular weight is 256 g/mol. The van der Waals surface area contributed by atoms with Gasteiger partial charge in [-0.05, 0) is 31.1 Å². The molecule has 0 aromatic rings. The molecule has 0 saturated heterocycles. The summed E-state index contributed by atoms with van der Waals surface area (Å²) in [5.74, 6) is 1.40. The Bertz CT molecular complexity index is 211. The van der Waals surface area contributed by atoms with Gasteiger partial charge in [0, 0.05) is 11.7 Å². The van der Waals surface area contributed by atoms with Gasteiger partial charge in [0.25, 0.3) is 0 Å². The van der Waals surface area contributed by atoms with Gasteiger partial charge in [0.05, 0.1) is 0 Å². The highest BCUT2D eigenvalue weighted by molar-refractivity contribution is 7.99. The molecule has 0 heterocycles. The monoisotopic (exact) mass is 256 g/mol. The lowest BCUT2D eigenvalue weighted by Crippen LogP contribution is -2.07. The summed E-state index contributed by atoms with van der Waals surface area (Å²) >= 11 is 1.90. The van der Waals surface area contributed by atoms with E-state index in [0.29, 0.717) is 17.5 Å². The number of hydrogen-bond acceptors (Lipinski definition) is 2. The van der Waals surface area contributed by atoms with Gasteiger partial charge in [-0.2, -0.15) is 11.8 Å². The molecule has 1 unspecified atom stereocenters. The van der Waals surface area contributed by atoms with E-state index in [0.717, 1.165) is 18.6 Å². The highest BCUT2D eigenvalue weighted by Gasteiger charge is 2.09. The van der Waals surface area contributed by atoms with Gasteiger partial charge in [-0.3, -0.25) is 4.79 Å². The Labute approximate surface area is 111 Å².